The summed E-state index contributed by atoms with van der Waals surface area (Å²) in [5.41, 5.74) is 7.89. The van der Waals surface area contributed by atoms with Crippen LogP contribution in [-0.2, 0) is 9.59 Å². The molecule has 0 aromatic heterocycles. The maximum atomic E-state index is 11.1. The summed E-state index contributed by atoms with van der Waals surface area (Å²) >= 11 is 0. The smallest absolute Gasteiger partial charge is 0.250 e. The molecule has 0 aliphatic heterocycles. The number of hydrogen-bond acceptors (Lipinski definition) is 2. The van der Waals surface area contributed by atoms with Crippen molar-refractivity contribution >= 4 is 17.5 Å². The Labute approximate surface area is 120 Å². The highest BCUT2D eigenvalue weighted by Crippen LogP contribution is 2.05. The van der Waals surface area contributed by atoms with E-state index in [1.54, 1.807) is 13.8 Å². The van der Waals surface area contributed by atoms with Gasteiger partial charge in [0.15, 0.2) is 0 Å². The van der Waals surface area contributed by atoms with Crippen molar-refractivity contribution in [3.63, 3.8) is 0 Å². The molecule has 0 atom stereocenters. The lowest BCUT2D eigenvalue weighted by molar-refractivity contribution is -0.114. The van der Waals surface area contributed by atoms with Gasteiger partial charge in [-0.3, -0.25) is 9.59 Å². The molecule has 0 radical (unpaired) electrons. The van der Waals surface area contributed by atoms with E-state index in [9.17, 15) is 9.59 Å². The summed E-state index contributed by atoms with van der Waals surface area (Å²) in [4.78, 5) is 21.4. The number of carbonyl (C=O) groups is 2. The maximum Gasteiger partial charge on any atom is 0.250 e. The van der Waals surface area contributed by atoms with E-state index in [2.05, 4.69) is 11.9 Å². The summed E-state index contributed by atoms with van der Waals surface area (Å²) in [6.07, 6.45) is 0. The van der Waals surface area contributed by atoms with E-state index in [1.165, 1.54) is 0 Å². The Balaban J connectivity index is 0.000000396. The molecule has 0 aliphatic carbocycles. The number of anilines is 1. The molecule has 20 heavy (non-hydrogen) atoms. The Kier molecular flexibility index (Phi) is 7.67. The van der Waals surface area contributed by atoms with Gasteiger partial charge in [0.1, 0.15) is 0 Å². The van der Waals surface area contributed by atoms with E-state index in [0.717, 1.165) is 11.3 Å². The molecule has 4 heteroatoms. The predicted octanol–water partition coefficient (Wildman–Crippen LogP) is 3.03. The van der Waals surface area contributed by atoms with Gasteiger partial charge in [0, 0.05) is 16.8 Å². The highest BCUT2D eigenvalue weighted by molar-refractivity contribution is 6.02. The van der Waals surface area contributed by atoms with Gasteiger partial charge in [0.25, 0.3) is 5.91 Å². The zero-order chi connectivity index (χ0) is 15.7. The minimum absolute atomic E-state index is 0.138. The van der Waals surface area contributed by atoms with E-state index in [1.807, 2.05) is 44.2 Å². The average molecular weight is 274 g/mol. The minimum atomic E-state index is -0.329. The van der Waals surface area contributed by atoms with Gasteiger partial charge in [0.05, 0.1) is 0 Å². The number of para-hydroxylation sites is 1. The number of nitrogens with two attached hydrogens (primary N) is 1. The summed E-state index contributed by atoms with van der Waals surface area (Å²) in [5, 5.41) is 2.70. The van der Waals surface area contributed by atoms with Crippen LogP contribution >= 0.6 is 0 Å². The van der Waals surface area contributed by atoms with Gasteiger partial charge in [-0.1, -0.05) is 30.4 Å². The van der Waals surface area contributed by atoms with Crippen LogP contribution in [0.5, 0.6) is 0 Å². The minimum Gasteiger partial charge on any atom is -0.366 e. The Morgan fingerprint density at radius 2 is 1.55 bits per heavy atom. The molecule has 0 bridgehead atoms. The molecule has 3 N–H and O–H groups in total. The number of nitrogens with one attached hydrogen (secondary N) is 1. The Morgan fingerprint density at radius 1 is 1.05 bits per heavy atom. The molecular formula is C16H22N2O2. The molecule has 0 saturated carbocycles. The summed E-state index contributed by atoms with van der Waals surface area (Å²) in [6.45, 7) is 10.7. The predicted molar refractivity (Wildman–Crippen MR) is 83.1 cm³/mol. The van der Waals surface area contributed by atoms with Crippen molar-refractivity contribution in [1.82, 2.24) is 0 Å². The number of amides is 2. The van der Waals surface area contributed by atoms with Crippen LogP contribution < -0.4 is 11.1 Å². The molecule has 0 saturated heterocycles. The summed E-state index contributed by atoms with van der Waals surface area (Å²) in [5.74, 6) is -0.466. The van der Waals surface area contributed by atoms with Gasteiger partial charge >= 0.3 is 0 Å². The van der Waals surface area contributed by atoms with Crippen molar-refractivity contribution in [2.24, 2.45) is 5.73 Å². The summed E-state index contributed by atoms with van der Waals surface area (Å²) in [7, 11) is 0. The van der Waals surface area contributed by atoms with Crippen LogP contribution in [0.2, 0.25) is 0 Å². The van der Waals surface area contributed by atoms with Crippen LogP contribution in [0.15, 0.2) is 53.6 Å². The molecular weight excluding hydrogens is 252 g/mol. The zero-order valence-corrected chi connectivity index (χ0v) is 12.5. The molecule has 1 rings (SSSR count). The third-order valence-electron chi connectivity index (χ3n) is 2.54. The maximum absolute atomic E-state index is 11.1. The molecule has 0 unspecified atom stereocenters. The lowest BCUT2D eigenvalue weighted by atomic mass is 10.2. The fourth-order valence-corrected chi connectivity index (χ4v) is 1.01. The Morgan fingerprint density at radius 3 is 1.85 bits per heavy atom. The molecule has 0 aliphatic rings. The normalized spacial score (nSPS) is 8.80. The molecule has 0 heterocycles. The summed E-state index contributed by atoms with van der Waals surface area (Å²) in [6, 6.07) is 9.31. The van der Waals surface area contributed by atoms with Crippen molar-refractivity contribution in [2.75, 3.05) is 5.32 Å². The Hall–Kier alpha value is -2.36. The quantitative estimate of drug-likeness (QED) is 0.831. The van der Waals surface area contributed by atoms with Crippen LogP contribution in [0.3, 0.4) is 0 Å². The molecule has 4 nitrogen and oxygen atoms in total. The molecule has 108 valence electrons. The van der Waals surface area contributed by atoms with Gasteiger partial charge < -0.3 is 11.1 Å². The number of hydrogen-bond donors (Lipinski definition) is 2. The third kappa shape index (κ3) is 7.16. The van der Waals surface area contributed by atoms with E-state index in [0.29, 0.717) is 11.1 Å². The van der Waals surface area contributed by atoms with Crippen LogP contribution in [0.1, 0.15) is 27.7 Å². The number of carbonyl (C=O) groups excluding carboxylic acids is 2. The SMILES string of the molecule is C=C(C)C(=O)Nc1ccccc1.CC(C)=C(C)C(N)=O. The van der Waals surface area contributed by atoms with Gasteiger partial charge in [-0.25, -0.2) is 0 Å². The fraction of sp³-hybridized carbons (Fsp3) is 0.250. The number of rotatable bonds is 3. The van der Waals surface area contributed by atoms with E-state index in [-0.39, 0.29) is 11.8 Å². The molecule has 1 aromatic rings. The second kappa shape index (κ2) is 8.69. The summed E-state index contributed by atoms with van der Waals surface area (Å²) < 4.78 is 0. The standard InChI is InChI=1S/C10H11NO.C6H11NO/c1-8(2)10(12)11-9-6-4-3-5-7-9;1-4(2)5(3)6(7)8/h3-7H,1H2,2H3,(H,11,12);1-3H3,(H2,7,8). The number of allylic oxidation sites excluding steroid dienone is 1. The van der Waals surface area contributed by atoms with Crippen molar-refractivity contribution in [1.29, 1.82) is 0 Å². The van der Waals surface area contributed by atoms with Crippen molar-refractivity contribution in [2.45, 2.75) is 27.7 Å². The monoisotopic (exact) mass is 274 g/mol. The number of benzene rings is 1. The lowest BCUT2D eigenvalue weighted by Crippen LogP contribution is -2.12. The van der Waals surface area contributed by atoms with Crippen LogP contribution in [0.25, 0.3) is 0 Å². The topological polar surface area (TPSA) is 72.2 Å². The molecule has 0 fully saturated rings. The first-order valence-corrected chi connectivity index (χ1v) is 6.21. The van der Waals surface area contributed by atoms with Crippen LogP contribution in [0.4, 0.5) is 5.69 Å². The molecule has 1 aromatic carbocycles. The lowest BCUT2D eigenvalue weighted by Gasteiger charge is -2.02. The average Bonchev–Trinajstić information content (AvgIpc) is 2.39. The van der Waals surface area contributed by atoms with Gasteiger partial charge in [-0.2, -0.15) is 0 Å². The van der Waals surface area contributed by atoms with Crippen LogP contribution in [0, 0.1) is 0 Å². The largest absolute Gasteiger partial charge is 0.366 e. The third-order valence-corrected chi connectivity index (χ3v) is 2.54. The van der Waals surface area contributed by atoms with Crippen LogP contribution in [-0.4, -0.2) is 11.8 Å². The second-order valence-electron chi connectivity index (χ2n) is 4.59. The first kappa shape index (κ1) is 17.6. The highest BCUT2D eigenvalue weighted by Gasteiger charge is 2.00. The van der Waals surface area contributed by atoms with E-state index >= 15 is 0 Å². The van der Waals surface area contributed by atoms with Gasteiger partial charge in [-0.15, -0.1) is 0 Å². The first-order valence-electron chi connectivity index (χ1n) is 6.21. The van der Waals surface area contributed by atoms with Crippen molar-refractivity contribution < 1.29 is 9.59 Å². The fourth-order valence-electron chi connectivity index (χ4n) is 1.01. The second-order valence-corrected chi connectivity index (χ2v) is 4.59. The van der Waals surface area contributed by atoms with E-state index in [4.69, 9.17) is 5.73 Å². The van der Waals surface area contributed by atoms with Gasteiger partial charge in [-0.05, 0) is 39.8 Å². The first-order chi connectivity index (χ1) is 9.25. The molecule has 2 amide bonds. The highest BCUT2D eigenvalue weighted by atomic mass is 16.2. The zero-order valence-electron chi connectivity index (χ0n) is 12.5. The van der Waals surface area contributed by atoms with E-state index < -0.39 is 0 Å². The van der Waals surface area contributed by atoms with Crippen molar-refractivity contribution in [3.05, 3.63) is 53.6 Å². The number of primary amides is 1. The molecule has 0 spiro atoms. The Bertz CT molecular complexity index is 513. The van der Waals surface area contributed by atoms with Crippen molar-refractivity contribution in [3.8, 4) is 0 Å². The van der Waals surface area contributed by atoms with Gasteiger partial charge in [0.2, 0.25) is 5.91 Å².